The van der Waals surface area contributed by atoms with E-state index in [9.17, 15) is 9.59 Å². The van der Waals surface area contributed by atoms with Gasteiger partial charge in [-0.05, 0) is 53.0 Å². The normalized spacial score (nSPS) is 24.0. The molecule has 2 fully saturated rings. The molecule has 0 radical (unpaired) electrons. The molecule has 21 heavy (non-hydrogen) atoms. The van der Waals surface area contributed by atoms with Crippen molar-refractivity contribution in [2.45, 2.75) is 64.1 Å². The molecule has 2 rings (SSSR count). The number of rotatable bonds is 2. The van der Waals surface area contributed by atoms with Gasteiger partial charge >= 0.3 is 6.09 Å². The number of alkyl carbamates (subject to hydrolysis) is 1. The molecule has 1 atom stereocenters. The highest BCUT2D eigenvalue weighted by molar-refractivity contribution is 5.82. The highest BCUT2D eigenvalue weighted by Gasteiger charge is 2.30. The van der Waals surface area contributed by atoms with Gasteiger partial charge in [0.15, 0.2) is 0 Å². The number of carbonyl (C=O) groups is 2. The highest BCUT2D eigenvalue weighted by atomic mass is 16.6. The summed E-state index contributed by atoms with van der Waals surface area (Å²) in [6.07, 6.45) is 3.22. The van der Waals surface area contributed by atoms with Crippen molar-refractivity contribution in [1.29, 1.82) is 0 Å². The van der Waals surface area contributed by atoms with E-state index in [2.05, 4.69) is 10.6 Å². The first kappa shape index (κ1) is 16.1. The highest BCUT2D eigenvalue weighted by Crippen LogP contribution is 2.16. The van der Waals surface area contributed by atoms with Crippen molar-refractivity contribution >= 4 is 12.0 Å². The molecule has 0 saturated carbocycles. The zero-order valence-electron chi connectivity index (χ0n) is 13.3. The van der Waals surface area contributed by atoms with E-state index in [1.54, 1.807) is 0 Å². The molecular formula is C15H27N3O3. The average molecular weight is 297 g/mol. The fraction of sp³-hybridized carbons (Fsp3) is 0.867. The van der Waals surface area contributed by atoms with Crippen LogP contribution >= 0.6 is 0 Å². The Morgan fingerprint density at radius 1 is 1.19 bits per heavy atom. The number of carbonyl (C=O) groups excluding carboxylic acids is 2. The number of likely N-dealkylation sites (tertiary alicyclic amines) is 1. The van der Waals surface area contributed by atoms with Crippen LogP contribution in [0.4, 0.5) is 4.79 Å². The van der Waals surface area contributed by atoms with Crippen molar-refractivity contribution in [3.63, 3.8) is 0 Å². The van der Waals surface area contributed by atoms with E-state index in [0.717, 1.165) is 32.2 Å². The molecule has 2 aliphatic rings. The average Bonchev–Trinajstić information content (AvgIpc) is 2.90. The summed E-state index contributed by atoms with van der Waals surface area (Å²) in [5, 5.41) is 6.13. The number of ether oxygens (including phenoxy) is 1. The Hall–Kier alpha value is -1.30. The number of amides is 2. The lowest BCUT2D eigenvalue weighted by atomic mass is 10.0. The van der Waals surface area contributed by atoms with Crippen LogP contribution in [0.3, 0.4) is 0 Å². The van der Waals surface area contributed by atoms with Crippen LogP contribution in [0.5, 0.6) is 0 Å². The largest absolute Gasteiger partial charge is 0.444 e. The second-order valence-corrected chi connectivity index (χ2v) is 6.89. The van der Waals surface area contributed by atoms with Crippen LogP contribution in [0.2, 0.25) is 0 Å². The van der Waals surface area contributed by atoms with Gasteiger partial charge in [0.2, 0.25) is 5.91 Å². The third kappa shape index (κ3) is 4.88. The maximum absolute atomic E-state index is 12.3. The molecule has 0 unspecified atom stereocenters. The predicted octanol–water partition coefficient (Wildman–Crippen LogP) is 1.25. The second-order valence-electron chi connectivity index (χ2n) is 6.89. The fourth-order valence-corrected chi connectivity index (χ4v) is 2.83. The molecule has 2 amide bonds. The monoisotopic (exact) mass is 297 g/mol. The van der Waals surface area contributed by atoms with E-state index in [1.807, 2.05) is 25.7 Å². The lowest BCUT2D eigenvalue weighted by Crippen LogP contribution is -2.51. The molecule has 2 saturated heterocycles. The first-order chi connectivity index (χ1) is 9.85. The lowest BCUT2D eigenvalue weighted by Gasteiger charge is -2.34. The summed E-state index contributed by atoms with van der Waals surface area (Å²) < 4.78 is 5.26. The van der Waals surface area contributed by atoms with Crippen LogP contribution in [-0.4, -0.2) is 54.2 Å². The van der Waals surface area contributed by atoms with Crippen LogP contribution in [0.15, 0.2) is 0 Å². The summed E-state index contributed by atoms with van der Waals surface area (Å²) in [4.78, 5) is 25.9. The van der Waals surface area contributed by atoms with Crippen molar-refractivity contribution in [2.75, 3.05) is 19.6 Å². The van der Waals surface area contributed by atoms with Crippen LogP contribution in [-0.2, 0) is 9.53 Å². The van der Waals surface area contributed by atoms with Gasteiger partial charge in [-0.2, -0.15) is 0 Å². The Balaban J connectivity index is 1.73. The molecule has 2 N–H and O–H groups in total. The number of hydrogen-bond donors (Lipinski definition) is 2. The molecule has 0 aromatic heterocycles. The van der Waals surface area contributed by atoms with Crippen LogP contribution in [0, 0.1) is 0 Å². The minimum absolute atomic E-state index is 0.000338. The standard InChI is InChI=1S/C15H27N3O3/c1-15(2,3)21-14(20)17-11-6-9-18(10-7-11)13(19)12-5-4-8-16-12/h11-12,16H,4-10H2,1-3H3,(H,17,20)/t12-/m0/s1. The minimum atomic E-state index is -0.477. The maximum Gasteiger partial charge on any atom is 0.407 e. The van der Waals surface area contributed by atoms with E-state index in [4.69, 9.17) is 4.74 Å². The summed E-state index contributed by atoms with van der Waals surface area (Å²) in [5.41, 5.74) is -0.477. The van der Waals surface area contributed by atoms with Gasteiger partial charge in [-0.15, -0.1) is 0 Å². The molecular weight excluding hydrogens is 270 g/mol. The molecule has 0 bridgehead atoms. The van der Waals surface area contributed by atoms with Crippen molar-refractivity contribution in [2.24, 2.45) is 0 Å². The molecule has 120 valence electrons. The first-order valence-electron chi connectivity index (χ1n) is 7.87. The lowest BCUT2D eigenvalue weighted by molar-refractivity contribution is -0.134. The Morgan fingerprint density at radius 2 is 1.86 bits per heavy atom. The Labute approximate surface area is 126 Å². The summed E-state index contributed by atoms with van der Waals surface area (Å²) in [6.45, 7) is 7.90. The summed E-state index contributed by atoms with van der Waals surface area (Å²) >= 11 is 0. The number of hydrogen-bond acceptors (Lipinski definition) is 4. The van der Waals surface area contributed by atoms with Gasteiger partial charge in [-0.3, -0.25) is 4.79 Å². The van der Waals surface area contributed by atoms with Crippen molar-refractivity contribution in [3.05, 3.63) is 0 Å². The smallest absolute Gasteiger partial charge is 0.407 e. The van der Waals surface area contributed by atoms with Gasteiger partial charge in [0.05, 0.1) is 6.04 Å². The van der Waals surface area contributed by atoms with E-state index < -0.39 is 5.60 Å². The van der Waals surface area contributed by atoms with Crippen LogP contribution in [0.25, 0.3) is 0 Å². The van der Waals surface area contributed by atoms with E-state index in [-0.39, 0.29) is 24.1 Å². The molecule has 0 aromatic rings. The van der Waals surface area contributed by atoms with Gasteiger partial charge in [0.1, 0.15) is 5.60 Å². The topological polar surface area (TPSA) is 70.7 Å². The predicted molar refractivity (Wildman–Crippen MR) is 80.0 cm³/mol. The molecule has 0 spiro atoms. The number of piperidine rings is 1. The van der Waals surface area contributed by atoms with Crippen molar-refractivity contribution < 1.29 is 14.3 Å². The summed E-state index contributed by atoms with van der Waals surface area (Å²) in [6, 6.07) is 0.0980. The van der Waals surface area contributed by atoms with Gasteiger partial charge < -0.3 is 20.3 Å². The summed E-state index contributed by atoms with van der Waals surface area (Å²) in [7, 11) is 0. The van der Waals surface area contributed by atoms with Crippen LogP contribution < -0.4 is 10.6 Å². The quantitative estimate of drug-likeness (QED) is 0.805. The van der Waals surface area contributed by atoms with E-state index in [1.165, 1.54) is 0 Å². The SMILES string of the molecule is CC(C)(C)OC(=O)NC1CCN(C(=O)[C@@H]2CCCN2)CC1. The third-order valence-electron chi connectivity index (χ3n) is 3.89. The second kappa shape index (κ2) is 6.64. The van der Waals surface area contributed by atoms with Crippen LogP contribution in [0.1, 0.15) is 46.5 Å². The molecule has 2 aliphatic heterocycles. The van der Waals surface area contributed by atoms with E-state index in [0.29, 0.717) is 13.1 Å². The number of nitrogens with zero attached hydrogens (tertiary/aromatic N) is 1. The van der Waals surface area contributed by atoms with Gasteiger partial charge in [-0.25, -0.2) is 4.79 Å². The fourth-order valence-electron chi connectivity index (χ4n) is 2.83. The molecule has 0 aliphatic carbocycles. The Bertz CT molecular complexity index is 378. The Kier molecular flexibility index (Phi) is 5.08. The zero-order valence-corrected chi connectivity index (χ0v) is 13.3. The summed E-state index contributed by atoms with van der Waals surface area (Å²) in [5.74, 6) is 0.211. The molecule has 6 nitrogen and oxygen atoms in total. The molecule has 2 heterocycles. The van der Waals surface area contributed by atoms with Gasteiger partial charge in [-0.1, -0.05) is 0 Å². The van der Waals surface area contributed by atoms with Crippen molar-refractivity contribution in [1.82, 2.24) is 15.5 Å². The van der Waals surface area contributed by atoms with Gasteiger partial charge in [0, 0.05) is 19.1 Å². The molecule has 6 heteroatoms. The van der Waals surface area contributed by atoms with Gasteiger partial charge in [0.25, 0.3) is 0 Å². The Morgan fingerprint density at radius 3 is 2.38 bits per heavy atom. The minimum Gasteiger partial charge on any atom is -0.444 e. The maximum atomic E-state index is 12.3. The molecule has 0 aromatic carbocycles. The zero-order chi connectivity index (χ0) is 15.5. The van der Waals surface area contributed by atoms with Crippen molar-refractivity contribution in [3.8, 4) is 0 Å². The third-order valence-corrected chi connectivity index (χ3v) is 3.89. The number of nitrogens with one attached hydrogen (secondary N) is 2. The van der Waals surface area contributed by atoms with E-state index >= 15 is 0 Å². The first-order valence-corrected chi connectivity index (χ1v) is 7.87.